The first-order valence-corrected chi connectivity index (χ1v) is 19.7. The molecule has 0 radical (unpaired) electrons. The number of benzene rings is 6. The summed E-state index contributed by atoms with van der Waals surface area (Å²) in [6.07, 6.45) is 3.84. The highest BCUT2D eigenvalue weighted by atomic mass is 31.1. The summed E-state index contributed by atoms with van der Waals surface area (Å²) in [4.78, 5) is 0. The van der Waals surface area contributed by atoms with E-state index in [0.29, 0.717) is 0 Å². The summed E-state index contributed by atoms with van der Waals surface area (Å²) in [5.41, 5.74) is 5.55. The fourth-order valence-electron chi connectivity index (χ4n) is 6.71. The number of methoxy groups -OCH3 is 4. The van der Waals surface area contributed by atoms with Gasteiger partial charge in [-0.15, -0.1) is 0 Å². The van der Waals surface area contributed by atoms with Crippen LogP contribution in [-0.2, 0) is 25.7 Å². The minimum absolute atomic E-state index is 0.805. The van der Waals surface area contributed by atoms with E-state index in [1.54, 1.807) is 28.4 Å². The molecule has 4 bridgehead atoms. The molecular formula is C44H42O4P2. The van der Waals surface area contributed by atoms with Crippen molar-refractivity contribution in [2.45, 2.75) is 25.7 Å². The molecule has 0 aromatic heterocycles. The number of aryl methyl sites for hydroxylation is 4. The van der Waals surface area contributed by atoms with E-state index in [0.717, 1.165) is 48.7 Å². The van der Waals surface area contributed by atoms with Gasteiger partial charge in [0.2, 0.25) is 0 Å². The van der Waals surface area contributed by atoms with Crippen LogP contribution in [-0.4, -0.2) is 28.4 Å². The van der Waals surface area contributed by atoms with Gasteiger partial charge in [-0.2, -0.15) is 0 Å². The Hall–Kier alpha value is -4.62. The standard InChI is InChI=1S/C44H42O4P2/c1-45-35-13-21-39(22-14-35)49(40-23-15-36(46-2)16-24-40)43-29-31-5-9-33(43)11-7-32-6-10-34(12-8-31)44(30-32)50(41-25-17-37(47-3)18-26-41)42-27-19-38(48-4)20-28-42/h5-6,9-10,13-30H,7-8,11-12H2,1-4H3. The molecule has 6 aromatic rings. The van der Waals surface area contributed by atoms with Crippen molar-refractivity contribution < 1.29 is 18.9 Å². The summed E-state index contributed by atoms with van der Waals surface area (Å²) in [5, 5.41) is 8.11. The molecule has 4 aliphatic rings. The van der Waals surface area contributed by atoms with Crippen LogP contribution in [0.3, 0.4) is 0 Å². The highest BCUT2D eigenvalue weighted by Crippen LogP contribution is 2.39. The fourth-order valence-corrected chi connectivity index (χ4v) is 11.7. The SMILES string of the molecule is COc1ccc(P(c2ccc(OC)cc2)c2cc3ccc2CCc2ccc(c(P(c4ccc(OC)cc4)c4ccc(OC)cc4)c2)CC3)cc1. The third-order valence-electron chi connectivity index (χ3n) is 9.47. The molecule has 6 heteroatoms. The van der Waals surface area contributed by atoms with Crippen LogP contribution in [0.5, 0.6) is 23.0 Å². The van der Waals surface area contributed by atoms with Gasteiger partial charge in [0.1, 0.15) is 23.0 Å². The van der Waals surface area contributed by atoms with Gasteiger partial charge in [-0.3, -0.25) is 0 Å². The third kappa shape index (κ3) is 7.29. The van der Waals surface area contributed by atoms with Crippen molar-refractivity contribution in [1.29, 1.82) is 0 Å². The summed E-state index contributed by atoms with van der Waals surface area (Å²) in [6, 6.07) is 49.1. The van der Waals surface area contributed by atoms with Gasteiger partial charge in [-0.05, 0) is 144 Å². The zero-order chi connectivity index (χ0) is 34.5. The predicted molar refractivity (Wildman–Crippen MR) is 211 cm³/mol. The zero-order valence-corrected chi connectivity index (χ0v) is 30.8. The molecule has 0 unspecified atom stereocenters. The summed E-state index contributed by atoms with van der Waals surface area (Å²) in [7, 11) is 5.29. The van der Waals surface area contributed by atoms with Crippen molar-refractivity contribution in [2.24, 2.45) is 0 Å². The lowest BCUT2D eigenvalue weighted by Crippen LogP contribution is -2.26. The van der Waals surface area contributed by atoms with Crippen molar-refractivity contribution in [1.82, 2.24) is 0 Å². The summed E-state index contributed by atoms with van der Waals surface area (Å²) >= 11 is 0. The molecule has 0 spiro atoms. The zero-order valence-electron chi connectivity index (χ0n) is 29.1. The Bertz CT molecular complexity index is 1790. The van der Waals surface area contributed by atoms with Crippen LogP contribution in [0, 0.1) is 0 Å². The van der Waals surface area contributed by atoms with Crippen LogP contribution in [0.2, 0.25) is 0 Å². The first-order valence-electron chi connectivity index (χ1n) is 17.0. The second-order valence-corrected chi connectivity index (χ2v) is 16.8. The molecule has 4 aliphatic carbocycles. The van der Waals surface area contributed by atoms with Gasteiger partial charge in [-0.1, -0.05) is 84.9 Å². The first-order chi connectivity index (χ1) is 24.6. The van der Waals surface area contributed by atoms with Crippen LogP contribution in [0.1, 0.15) is 22.3 Å². The minimum atomic E-state index is -0.805. The number of rotatable bonds is 10. The van der Waals surface area contributed by atoms with Crippen LogP contribution in [0.25, 0.3) is 0 Å². The van der Waals surface area contributed by atoms with Crippen molar-refractivity contribution >= 4 is 47.7 Å². The van der Waals surface area contributed by atoms with Gasteiger partial charge in [0.05, 0.1) is 28.4 Å². The largest absolute Gasteiger partial charge is 0.497 e. The molecule has 4 nitrogen and oxygen atoms in total. The lowest BCUT2D eigenvalue weighted by Gasteiger charge is -2.26. The second kappa shape index (κ2) is 15.5. The van der Waals surface area contributed by atoms with E-state index in [1.165, 1.54) is 54.1 Å². The van der Waals surface area contributed by atoms with Gasteiger partial charge >= 0.3 is 0 Å². The molecule has 0 heterocycles. The van der Waals surface area contributed by atoms with Crippen LogP contribution in [0.4, 0.5) is 0 Å². The highest BCUT2D eigenvalue weighted by Gasteiger charge is 2.24. The Morgan fingerprint density at radius 2 is 0.620 bits per heavy atom. The number of hydrogen-bond acceptors (Lipinski definition) is 4. The third-order valence-corrected chi connectivity index (χ3v) is 14.5. The number of hydrogen-bond donors (Lipinski definition) is 0. The Morgan fingerprint density at radius 3 is 0.880 bits per heavy atom. The monoisotopic (exact) mass is 696 g/mol. The van der Waals surface area contributed by atoms with Crippen molar-refractivity contribution in [3.8, 4) is 23.0 Å². The Kier molecular flexibility index (Phi) is 10.5. The van der Waals surface area contributed by atoms with Crippen LogP contribution < -0.4 is 50.8 Å². The molecule has 0 aliphatic heterocycles. The lowest BCUT2D eigenvalue weighted by atomic mass is 9.96. The van der Waals surface area contributed by atoms with E-state index in [-0.39, 0.29) is 0 Å². The minimum Gasteiger partial charge on any atom is -0.497 e. The molecule has 0 fully saturated rings. The van der Waals surface area contributed by atoms with Gasteiger partial charge in [-0.25, -0.2) is 0 Å². The summed E-state index contributed by atoms with van der Waals surface area (Å²) < 4.78 is 22.1. The maximum absolute atomic E-state index is 5.53. The Morgan fingerprint density at radius 1 is 0.340 bits per heavy atom. The van der Waals surface area contributed by atoms with Gasteiger partial charge < -0.3 is 18.9 Å². The topological polar surface area (TPSA) is 36.9 Å². The average molecular weight is 697 g/mol. The van der Waals surface area contributed by atoms with Crippen molar-refractivity contribution in [3.05, 3.63) is 156 Å². The van der Waals surface area contributed by atoms with Crippen molar-refractivity contribution in [2.75, 3.05) is 28.4 Å². The fraction of sp³-hybridized carbons (Fsp3) is 0.182. The second-order valence-electron chi connectivity index (χ2n) is 12.4. The van der Waals surface area contributed by atoms with Crippen LogP contribution >= 0.6 is 15.8 Å². The van der Waals surface area contributed by atoms with Gasteiger partial charge in [0.15, 0.2) is 0 Å². The van der Waals surface area contributed by atoms with Crippen molar-refractivity contribution in [3.63, 3.8) is 0 Å². The average Bonchev–Trinajstić information content (AvgIpc) is 3.17. The molecule has 50 heavy (non-hydrogen) atoms. The lowest BCUT2D eigenvalue weighted by molar-refractivity contribution is 0.415. The Labute approximate surface area is 298 Å². The van der Waals surface area contributed by atoms with E-state index >= 15 is 0 Å². The molecule has 0 saturated carbocycles. The molecule has 0 saturated heterocycles. The molecule has 10 rings (SSSR count). The molecular weight excluding hydrogens is 654 g/mol. The Balaban J connectivity index is 1.30. The van der Waals surface area contributed by atoms with E-state index in [1.807, 2.05) is 0 Å². The van der Waals surface area contributed by atoms with Crippen LogP contribution in [0.15, 0.2) is 133 Å². The van der Waals surface area contributed by atoms with E-state index in [4.69, 9.17) is 18.9 Å². The van der Waals surface area contributed by atoms with Gasteiger partial charge in [0, 0.05) is 0 Å². The molecule has 252 valence electrons. The van der Waals surface area contributed by atoms with E-state index < -0.39 is 15.8 Å². The smallest absolute Gasteiger partial charge is 0.118 e. The maximum Gasteiger partial charge on any atom is 0.118 e. The molecule has 0 amide bonds. The first kappa shape index (κ1) is 33.9. The maximum atomic E-state index is 5.53. The summed E-state index contributed by atoms with van der Waals surface area (Å²) in [5.74, 6) is 3.49. The number of ether oxygens (including phenoxy) is 4. The predicted octanol–water partition coefficient (Wildman–Crippen LogP) is 7.12. The molecule has 0 N–H and O–H groups in total. The molecule has 6 aromatic carbocycles. The summed E-state index contributed by atoms with van der Waals surface area (Å²) in [6.45, 7) is 0. The van der Waals surface area contributed by atoms with Gasteiger partial charge in [0.25, 0.3) is 0 Å². The normalized spacial score (nSPS) is 12.4. The highest BCUT2D eigenvalue weighted by molar-refractivity contribution is 7.80. The quantitative estimate of drug-likeness (QED) is 0.143. The van der Waals surface area contributed by atoms with E-state index in [2.05, 4.69) is 133 Å². The molecule has 0 atom stereocenters. The van der Waals surface area contributed by atoms with E-state index in [9.17, 15) is 0 Å².